The summed E-state index contributed by atoms with van der Waals surface area (Å²) in [6.07, 6.45) is 0. The predicted octanol–water partition coefficient (Wildman–Crippen LogP) is 4.39. The highest BCUT2D eigenvalue weighted by molar-refractivity contribution is 6.30. The van der Waals surface area contributed by atoms with E-state index in [9.17, 15) is 14.9 Å². The van der Waals surface area contributed by atoms with Crippen molar-refractivity contribution in [2.45, 2.75) is 13.5 Å². The Labute approximate surface area is 147 Å². The van der Waals surface area contributed by atoms with Crippen LogP contribution in [0.5, 0.6) is 11.5 Å². The molecule has 0 aliphatic heterocycles. The molecule has 0 spiro atoms. The third kappa shape index (κ3) is 3.14. The van der Waals surface area contributed by atoms with Gasteiger partial charge in [-0.3, -0.25) is 14.9 Å². The number of halogens is 1. The number of carboxylic acids is 1. The zero-order chi connectivity index (χ0) is 18.1. The minimum absolute atomic E-state index is 0.145. The number of nitro benzene ring substituents is 1. The Bertz CT molecular complexity index is 979. The first-order valence-corrected chi connectivity index (χ1v) is 7.67. The molecule has 1 aromatic heterocycles. The van der Waals surface area contributed by atoms with Crippen molar-refractivity contribution in [1.29, 1.82) is 0 Å². The maximum atomic E-state index is 11.4. The van der Waals surface area contributed by atoms with Gasteiger partial charge in [0, 0.05) is 11.1 Å². The average Bonchev–Trinajstić information content (AvgIpc) is 2.82. The zero-order valence-electron chi connectivity index (χ0n) is 13.1. The molecule has 7 nitrogen and oxygen atoms in total. The lowest BCUT2D eigenvalue weighted by Gasteiger charge is -2.07. The normalized spacial score (nSPS) is 10.8. The molecule has 0 bridgehead atoms. The number of carbonyl (C=O) groups is 1. The molecule has 0 aliphatic carbocycles. The Morgan fingerprint density at radius 3 is 2.56 bits per heavy atom. The van der Waals surface area contributed by atoms with Gasteiger partial charge >= 0.3 is 5.97 Å². The number of nitrogens with zero attached hydrogens (tertiary/aromatic N) is 2. The number of carboxylic acid groups (broad SMARTS) is 1. The van der Waals surface area contributed by atoms with E-state index in [1.807, 2.05) is 0 Å². The molecule has 0 saturated heterocycles. The number of aromatic nitrogens is 1. The second-order valence-electron chi connectivity index (χ2n) is 5.38. The third-order valence-corrected chi connectivity index (χ3v) is 4.05. The number of non-ortho nitro benzene ring substituents is 1. The van der Waals surface area contributed by atoms with Crippen LogP contribution in [0.15, 0.2) is 42.5 Å². The average molecular weight is 361 g/mol. The van der Waals surface area contributed by atoms with E-state index in [1.165, 1.54) is 16.7 Å². The number of hydrogen-bond acceptors (Lipinski definition) is 4. The SMILES string of the molecule is Cc1c(Oc2ccc(Cl)cc2)c2c([N+](=O)[O-])cccc2n1CC(=O)O. The molecule has 0 unspecified atom stereocenters. The Morgan fingerprint density at radius 2 is 1.96 bits per heavy atom. The Kier molecular flexibility index (Phi) is 4.33. The van der Waals surface area contributed by atoms with Gasteiger partial charge in [0.25, 0.3) is 5.69 Å². The quantitative estimate of drug-likeness (QED) is 0.538. The van der Waals surface area contributed by atoms with Crippen LogP contribution >= 0.6 is 11.6 Å². The highest BCUT2D eigenvalue weighted by Gasteiger charge is 2.25. The van der Waals surface area contributed by atoms with Crippen LogP contribution in [0.2, 0.25) is 5.02 Å². The van der Waals surface area contributed by atoms with Gasteiger partial charge in [0.05, 0.1) is 16.1 Å². The molecule has 0 aliphatic rings. The Hall–Kier alpha value is -3.06. The van der Waals surface area contributed by atoms with Crippen LogP contribution in [0, 0.1) is 17.0 Å². The second kappa shape index (κ2) is 6.45. The van der Waals surface area contributed by atoms with Gasteiger partial charge in [0.1, 0.15) is 17.7 Å². The van der Waals surface area contributed by atoms with E-state index in [4.69, 9.17) is 21.4 Å². The van der Waals surface area contributed by atoms with Crippen LogP contribution in [0.25, 0.3) is 10.9 Å². The summed E-state index contributed by atoms with van der Waals surface area (Å²) in [7, 11) is 0. The fraction of sp³-hybridized carbons (Fsp3) is 0.118. The molecule has 0 fully saturated rings. The molecule has 2 aromatic carbocycles. The van der Waals surface area contributed by atoms with Gasteiger partial charge in [-0.1, -0.05) is 17.7 Å². The van der Waals surface area contributed by atoms with Gasteiger partial charge in [-0.15, -0.1) is 0 Å². The first-order valence-electron chi connectivity index (χ1n) is 7.30. The van der Waals surface area contributed by atoms with Crippen molar-refractivity contribution in [1.82, 2.24) is 4.57 Å². The minimum Gasteiger partial charge on any atom is -0.480 e. The molecule has 25 heavy (non-hydrogen) atoms. The molecule has 128 valence electrons. The molecular weight excluding hydrogens is 348 g/mol. The van der Waals surface area contributed by atoms with E-state index in [-0.39, 0.29) is 23.4 Å². The lowest BCUT2D eigenvalue weighted by molar-refractivity contribution is -0.383. The molecule has 8 heteroatoms. The summed E-state index contributed by atoms with van der Waals surface area (Å²) >= 11 is 5.85. The molecule has 3 rings (SSSR count). The maximum Gasteiger partial charge on any atom is 0.323 e. The maximum absolute atomic E-state index is 11.4. The lowest BCUT2D eigenvalue weighted by atomic mass is 10.2. The van der Waals surface area contributed by atoms with Gasteiger partial charge in [0.15, 0.2) is 5.75 Å². The van der Waals surface area contributed by atoms with Crippen LogP contribution in [-0.2, 0) is 11.3 Å². The van der Waals surface area contributed by atoms with Crippen molar-refractivity contribution >= 4 is 34.2 Å². The van der Waals surface area contributed by atoms with E-state index in [1.54, 1.807) is 37.3 Å². The molecule has 0 saturated carbocycles. The van der Waals surface area contributed by atoms with Gasteiger partial charge < -0.3 is 14.4 Å². The number of hydrogen-bond donors (Lipinski definition) is 1. The number of aliphatic carboxylic acids is 1. The van der Waals surface area contributed by atoms with Crippen molar-refractivity contribution in [3.05, 3.63) is 63.3 Å². The van der Waals surface area contributed by atoms with E-state index >= 15 is 0 Å². The molecular formula is C17H13ClN2O5. The van der Waals surface area contributed by atoms with Crippen LogP contribution in [0.1, 0.15) is 5.69 Å². The summed E-state index contributed by atoms with van der Waals surface area (Å²) < 4.78 is 7.34. The molecule has 1 N–H and O–H groups in total. The highest BCUT2D eigenvalue weighted by Crippen LogP contribution is 2.41. The van der Waals surface area contributed by atoms with Gasteiger partial charge in [-0.05, 0) is 37.3 Å². The summed E-state index contributed by atoms with van der Waals surface area (Å²) in [6.45, 7) is 1.34. The smallest absolute Gasteiger partial charge is 0.323 e. The molecule has 1 heterocycles. The summed E-state index contributed by atoms with van der Waals surface area (Å²) in [5.74, 6) is -0.351. The highest BCUT2D eigenvalue weighted by atomic mass is 35.5. The Balaban J connectivity index is 2.24. The molecule has 0 atom stereocenters. The van der Waals surface area contributed by atoms with Gasteiger partial charge in [0.2, 0.25) is 0 Å². The largest absolute Gasteiger partial charge is 0.480 e. The third-order valence-electron chi connectivity index (χ3n) is 3.80. The van der Waals surface area contributed by atoms with Gasteiger partial charge in [-0.2, -0.15) is 0 Å². The summed E-state index contributed by atoms with van der Waals surface area (Å²) in [6, 6.07) is 11.1. The Morgan fingerprint density at radius 1 is 1.28 bits per heavy atom. The van der Waals surface area contributed by atoms with Crippen molar-refractivity contribution in [3.63, 3.8) is 0 Å². The molecule has 3 aromatic rings. The zero-order valence-corrected chi connectivity index (χ0v) is 13.9. The van der Waals surface area contributed by atoms with Crippen molar-refractivity contribution in [3.8, 4) is 11.5 Å². The predicted molar refractivity (Wildman–Crippen MR) is 92.5 cm³/mol. The van der Waals surface area contributed by atoms with E-state index in [0.717, 1.165) is 0 Å². The summed E-state index contributed by atoms with van der Waals surface area (Å²) in [5.41, 5.74) is 0.772. The second-order valence-corrected chi connectivity index (χ2v) is 5.82. The topological polar surface area (TPSA) is 94.6 Å². The number of benzene rings is 2. The fourth-order valence-electron chi connectivity index (χ4n) is 2.71. The lowest BCUT2D eigenvalue weighted by Crippen LogP contribution is -2.09. The molecule has 0 radical (unpaired) electrons. The standard InChI is InChI=1S/C17H13ClN2O5/c1-10-17(25-12-7-5-11(18)6-8-12)16-13(19(10)9-15(21)22)3-2-4-14(16)20(23)24/h2-8H,9H2,1H3,(H,21,22). The van der Waals surface area contributed by atoms with Gasteiger partial charge in [-0.25, -0.2) is 0 Å². The summed E-state index contributed by atoms with van der Waals surface area (Å²) in [5, 5.41) is 21.4. The van der Waals surface area contributed by atoms with Crippen molar-refractivity contribution < 1.29 is 19.6 Å². The summed E-state index contributed by atoms with van der Waals surface area (Å²) in [4.78, 5) is 22.1. The van der Waals surface area contributed by atoms with Crippen LogP contribution in [0.3, 0.4) is 0 Å². The first-order chi connectivity index (χ1) is 11.9. The number of rotatable bonds is 5. The number of fused-ring (bicyclic) bond motifs is 1. The fourth-order valence-corrected chi connectivity index (χ4v) is 2.83. The van der Waals surface area contributed by atoms with Crippen LogP contribution in [0.4, 0.5) is 5.69 Å². The monoisotopic (exact) mass is 360 g/mol. The van der Waals surface area contributed by atoms with E-state index in [0.29, 0.717) is 22.0 Å². The first kappa shape index (κ1) is 16.8. The van der Waals surface area contributed by atoms with E-state index < -0.39 is 10.9 Å². The molecule has 0 amide bonds. The van der Waals surface area contributed by atoms with Crippen molar-refractivity contribution in [2.24, 2.45) is 0 Å². The van der Waals surface area contributed by atoms with Crippen molar-refractivity contribution in [2.75, 3.05) is 0 Å². The number of ether oxygens (including phenoxy) is 1. The number of nitro groups is 1. The van der Waals surface area contributed by atoms with Crippen LogP contribution in [-0.4, -0.2) is 20.6 Å². The van der Waals surface area contributed by atoms with Crippen LogP contribution < -0.4 is 4.74 Å². The minimum atomic E-state index is -1.05. The van der Waals surface area contributed by atoms with E-state index in [2.05, 4.69) is 0 Å².